The number of rotatable bonds is 14. The highest BCUT2D eigenvalue weighted by atomic mass is 35.5. The van der Waals surface area contributed by atoms with Crippen LogP contribution in [0.1, 0.15) is 71.8 Å². The van der Waals surface area contributed by atoms with Gasteiger partial charge in [0.05, 0.1) is 42.7 Å². The number of amides is 1. The van der Waals surface area contributed by atoms with E-state index in [4.69, 9.17) is 49.4 Å². The molecule has 3 fully saturated rings. The van der Waals surface area contributed by atoms with Gasteiger partial charge in [-0.25, -0.2) is 9.78 Å². The first kappa shape index (κ1) is 40.3. The molecule has 1 aromatic carbocycles. The molecule has 292 valence electrons. The second-order valence-electron chi connectivity index (χ2n) is 17.1. The topological polar surface area (TPSA) is 115 Å². The van der Waals surface area contributed by atoms with Crippen LogP contribution in [0.4, 0.5) is 4.79 Å². The first-order valence-electron chi connectivity index (χ1n) is 19.1. The maximum absolute atomic E-state index is 12.1. The molecule has 0 radical (unpaired) electrons. The lowest BCUT2D eigenvalue weighted by atomic mass is 9.81. The lowest BCUT2D eigenvalue weighted by molar-refractivity contribution is 0.0353. The highest BCUT2D eigenvalue weighted by Crippen LogP contribution is 2.38. The van der Waals surface area contributed by atoms with Gasteiger partial charge in [-0.1, -0.05) is 55.5 Å². The molecule has 53 heavy (non-hydrogen) atoms. The average Bonchev–Trinajstić information content (AvgIpc) is 3.77. The Balaban J connectivity index is 1.15. The van der Waals surface area contributed by atoms with E-state index in [0.717, 1.165) is 37.3 Å². The lowest BCUT2D eigenvalue weighted by Gasteiger charge is -2.29. The van der Waals surface area contributed by atoms with Gasteiger partial charge in [-0.2, -0.15) is 4.98 Å². The number of halogens is 1. The Morgan fingerprint density at radius 1 is 1.06 bits per heavy atom. The molecule has 6 rings (SSSR count). The van der Waals surface area contributed by atoms with Crippen molar-refractivity contribution in [1.82, 2.24) is 19.9 Å². The van der Waals surface area contributed by atoms with Gasteiger partial charge in [-0.15, -0.1) is 0 Å². The van der Waals surface area contributed by atoms with Gasteiger partial charge < -0.3 is 33.2 Å². The number of hydrogen-bond donors (Lipinski definition) is 1. The van der Waals surface area contributed by atoms with Crippen LogP contribution in [-0.2, 0) is 29.9 Å². The predicted molar refractivity (Wildman–Crippen MR) is 213 cm³/mol. The molecule has 1 amide bonds. The largest absolute Gasteiger partial charge is 0.464 e. The number of hydrogen-bond acceptors (Lipinski definition) is 10. The van der Waals surface area contributed by atoms with Crippen molar-refractivity contribution >= 4 is 49.0 Å². The third-order valence-electron chi connectivity index (χ3n) is 9.86. The summed E-state index contributed by atoms with van der Waals surface area (Å²) < 4.78 is 38.3. The zero-order valence-corrected chi connectivity index (χ0v) is 35.1. The molecule has 14 heteroatoms. The summed E-state index contributed by atoms with van der Waals surface area (Å²) >= 11 is 8.36. The molecule has 2 aromatic heterocycles. The van der Waals surface area contributed by atoms with E-state index in [1.807, 2.05) is 24.5 Å². The first-order valence-corrected chi connectivity index (χ1v) is 23.9. The fraction of sp³-hybridized carbons (Fsp3) is 0.667. The van der Waals surface area contributed by atoms with Gasteiger partial charge in [0.25, 0.3) is 0 Å². The van der Waals surface area contributed by atoms with Gasteiger partial charge in [-0.3, -0.25) is 4.57 Å². The van der Waals surface area contributed by atoms with Crippen LogP contribution >= 0.6 is 23.6 Å². The van der Waals surface area contributed by atoms with Crippen LogP contribution in [0.5, 0.6) is 6.01 Å². The number of pyridine rings is 1. The number of nitrogens with zero attached hydrogens (tertiary/aromatic N) is 3. The van der Waals surface area contributed by atoms with Crippen LogP contribution in [0.3, 0.4) is 0 Å². The summed E-state index contributed by atoms with van der Waals surface area (Å²) in [5, 5.41) is 3.54. The summed E-state index contributed by atoms with van der Waals surface area (Å²) in [7, 11) is -1.28. The molecule has 3 aromatic rings. The number of aromatic nitrogens is 3. The van der Waals surface area contributed by atoms with E-state index in [1.54, 1.807) is 0 Å². The van der Waals surface area contributed by atoms with Crippen LogP contribution in [0.15, 0.2) is 30.3 Å². The molecule has 3 aliphatic rings. The minimum absolute atomic E-state index is 0.0131. The molecule has 2 saturated heterocycles. The van der Waals surface area contributed by atoms with E-state index < -0.39 is 8.07 Å². The van der Waals surface area contributed by atoms with Gasteiger partial charge in [0.2, 0.25) is 0 Å². The van der Waals surface area contributed by atoms with Gasteiger partial charge >= 0.3 is 12.1 Å². The molecule has 11 nitrogen and oxygen atoms in total. The predicted octanol–water partition coefficient (Wildman–Crippen LogP) is 8.85. The lowest BCUT2D eigenvalue weighted by Crippen LogP contribution is -2.38. The quantitative estimate of drug-likeness (QED) is 0.0966. The Morgan fingerprint density at radius 2 is 1.77 bits per heavy atom. The van der Waals surface area contributed by atoms with Crippen LogP contribution < -0.4 is 10.1 Å². The maximum Gasteiger partial charge on any atom is 0.407 e. The molecule has 4 heterocycles. The summed E-state index contributed by atoms with van der Waals surface area (Å²) in [6.07, 6.45) is 3.05. The van der Waals surface area contributed by atoms with E-state index in [9.17, 15) is 4.79 Å². The zero-order valence-electron chi connectivity index (χ0n) is 32.5. The zero-order chi connectivity index (χ0) is 37.9. The van der Waals surface area contributed by atoms with Crippen molar-refractivity contribution in [2.24, 2.45) is 5.92 Å². The molecule has 0 bridgehead atoms. The average molecular weight is 790 g/mol. The normalized spacial score (nSPS) is 24.9. The maximum atomic E-state index is 12.1. The Kier molecular flexibility index (Phi) is 13.1. The van der Waals surface area contributed by atoms with E-state index in [0.29, 0.717) is 60.2 Å². The third-order valence-corrected chi connectivity index (χ3v) is 12.7. The Hall–Kier alpha value is -2.39. The number of ether oxygens (including phenoxy) is 5. The monoisotopic (exact) mass is 788 g/mol. The van der Waals surface area contributed by atoms with Crippen molar-refractivity contribution in [1.29, 1.82) is 0 Å². The van der Waals surface area contributed by atoms with Crippen LogP contribution in [-0.4, -0.2) is 90.3 Å². The number of imidazole rings is 1. The molecule has 1 aliphatic carbocycles. The molecule has 2 aliphatic heterocycles. The molecule has 0 spiro atoms. The van der Waals surface area contributed by atoms with Crippen LogP contribution in [0.25, 0.3) is 22.4 Å². The summed E-state index contributed by atoms with van der Waals surface area (Å²) in [6.45, 7) is 19.4. The number of benzene rings is 1. The van der Waals surface area contributed by atoms with Gasteiger partial charge in [0.1, 0.15) is 24.5 Å². The first-order chi connectivity index (χ1) is 25.1. The number of alkyl carbamates (subject to hydrolysis) is 1. The number of fused-ring (bicyclic) bond motifs is 2. The van der Waals surface area contributed by atoms with Crippen LogP contribution in [0, 0.1) is 5.92 Å². The van der Waals surface area contributed by atoms with Crippen molar-refractivity contribution in [2.45, 2.75) is 134 Å². The number of nitrogens with one attached hydrogen (secondary N) is 1. The van der Waals surface area contributed by atoms with Crippen molar-refractivity contribution in [3.05, 3.63) is 40.9 Å². The van der Waals surface area contributed by atoms with Crippen molar-refractivity contribution < 1.29 is 32.7 Å². The summed E-state index contributed by atoms with van der Waals surface area (Å²) in [5.41, 5.74) is 4.19. The Morgan fingerprint density at radius 3 is 2.45 bits per heavy atom. The Labute approximate surface area is 324 Å². The highest BCUT2D eigenvalue weighted by molar-refractivity contribution is 7.96. The van der Waals surface area contributed by atoms with Gasteiger partial charge in [0.15, 0.2) is 5.65 Å². The molecule has 4 atom stereocenters. The summed E-state index contributed by atoms with van der Waals surface area (Å²) in [5.74, 6) is 0.465. The highest BCUT2D eigenvalue weighted by Gasteiger charge is 2.49. The number of carbonyl (C=O) groups excluding carboxylic acids is 1. The second-order valence-corrected chi connectivity index (χ2v) is 24.7. The summed E-state index contributed by atoms with van der Waals surface area (Å²) in [6, 6.07) is 12.0. The molecular formula is C39H57ClN4O7SSi. The second kappa shape index (κ2) is 17.2. The fourth-order valence-electron chi connectivity index (χ4n) is 7.02. The Bertz CT molecular complexity index is 1690. The molecule has 1 N–H and O–H groups in total. The van der Waals surface area contributed by atoms with Gasteiger partial charge in [-0.05, 0) is 95.9 Å². The third kappa shape index (κ3) is 10.7. The SMILES string of the molecule is CC(C)OC(=O)NC1CCC(c2ccc(-c3nc4c(cc3Cl)nc(OC[C@@H]3CO[C@@H]5C(OSC(C)(C)C)CO[C@H]35)n4COCC[Si](C)(C)C)cc2)CC1. The van der Waals surface area contributed by atoms with Crippen LogP contribution in [0.2, 0.25) is 30.7 Å². The minimum Gasteiger partial charge on any atom is -0.464 e. The number of carbonyl (C=O) groups is 1. The minimum atomic E-state index is -1.28. The standard InChI is InChI=1S/C39H57ClN4O7SSi/c1-24(2)50-38(45)41-29-15-13-26(14-16-29)25-9-11-27(12-10-25)33-30(40)19-31-36(43-33)44(23-46-17-18-53(6,7)8)37(42-31)49-21-28-20-47-35-32(22-48-34(28)35)51-52-39(3,4)5/h9-12,19,24,26,28-29,32,34-35H,13-18,20-23H2,1-8H3,(H,41,45)/t26?,28-,29?,32?,34+,35+/m0/s1. The van der Waals surface area contributed by atoms with Crippen molar-refractivity contribution in [2.75, 3.05) is 26.4 Å². The van der Waals surface area contributed by atoms with E-state index >= 15 is 0 Å². The molecule has 1 saturated carbocycles. The van der Waals surface area contributed by atoms with Gasteiger partial charge in [0, 0.05) is 37.0 Å². The van der Waals surface area contributed by atoms with E-state index in [-0.39, 0.29) is 53.9 Å². The van der Waals surface area contributed by atoms with E-state index in [1.165, 1.54) is 17.6 Å². The van der Waals surface area contributed by atoms with Crippen molar-refractivity contribution in [3.63, 3.8) is 0 Å². The molecular weight excluding hydrogens is 732 g/mol. The van der Waals surface area contributed by atoms with E-state index in [2.05, 4.69) is 70.0 Å². The smallest absolute Gasteiger partial charge is 0.407 e. The summed E-state index contributed by atoms with van der Waals surface area (Å²) in [4.78, 5) is 22.0. The fourth-order valence-corrected chi connectivity index (χ4v) is 8.61. The molecule has 1 unspecified atom stereocenters. The van der Waals surface area contributed by atoms with Crippen molar-refractivity contribution in [3.8, 4) is 17.3 Å².